The number of halogens is 1. The summed E-state index contributed by atoms with van der Waals surface area (Å²) in [4.78, 5) is 0. The molecule has 0 aliphatic rings. The van der Waals surface area contributed by atoms with Gasteiger partial charge in [0.25, 0.3) is 0 Å². The van der Waals surface area contributed by atoms with Crippen LogP contribution in [0.3, 0.4) is 0 Å². The maximum Gasteiger partial charge on any atom is 0.0231 e. The lowest BCUT2D eigenvalue weighted by atomic mass is 10.0. The third kappa shape index (κ3) is 8.96. The van der Waals surface area contributed by atoms with Gasteiger partial charge in [0.1, 0.15) is 0 Å². The van der Waals surface area contributed by atoms with Gasteiger partial charge in [0, 0.05) is 5.88 Å². The molecule has 0 heterocycles. The highest BCUT2D eigenvalue weighted by atomic mass is 35.5. The van der Waals surface area contributed by atoms with Crippen molar-refractivity contribution in [3.05, 3.63) is 0 Å². The largest absolute Gasteiger partial charge is 0.162 e. The van der Waals surface area contributed by atoms with Gasteiger partial charge in [0.15, 0.2) is 0 Å². The minimum absolute atomic E-state index is 0.818. The van der Waals surface area contributed by atoms with Crippen LogP contribution in [0.15, 0.2) is 0 Å². The highest BCUT2D eigenvalue weighted by Crippen LogP contribution is 2.18. The number of unbranched alkanes of at least 4 members (excludes halogenated alkanes) is 1. The van der Waals surface area contributed by atoms with E-state index in [0.717, 1.165) is 18.2 Å². The Labute approximate surface area is 92.8 Å². The van der Waals surface area contributed by atoms with Crippen LogP contribution in [-0.4, -0.2) is 17.4 Å². The van der Waals surface area contributed by atoms with E-state index in [-0.39, 0.29) is 0 Å². The molecule has 0 saturated heterocycles. The van der Waals surface area contributed by atoms with E-state index in [0.29, 0.717) is 0 Å². The van der Waals surface area contributed by atoms with Gasteiger partial charge in [-0.25, -0.2) is 0 Å². The van der Waals surface area contributed by atoms with Crippen LogP contribution in [0.2, 0.25) is 0 Å². The van der Waals surface area contributed by atoms with Crippen molar-refractivity contribution < 1.29 is 0 Å². The van der Waals surface area contributed by atoms with E-state index in [9.17, 15) is 0 Å². The Morgan fingerprint density at radius 3 is 2.54 bits per heavy atom. The zero-order valence-electron chi connectivity index (χ0n) is 9.02. The maximum atomic E-state index is 5.62. The fourth-order valence-electron chi connectivity index (χ4n) is 1.30. The third-order valence-electron chi connectivity index (χ3n) is 2.32. The lowest BCUT2D eigenvalue weighted by Crippen LogP contribution is -2.02. The summed E-state index contributed by atoms with van der Waals surface area (Å²) < 4.78 is 0. The van der Waals surface area contributed by atoms with Crippen molar-refractivity contribution in [2.45, 2.75) is 46.0 Å². The molecule has 0 bridgehead atoms. The minimum Gasteiger partial charge on any atom is -0.162 e. The smallest absolute Gasteiger partial charge is 0.0231 e. The summed E-state index contributed by atoms with van der Waals surface area (Å²) >= 11 is 7.70. The van der Waals surface area contributed by atoms with Crippen molar-refractivity contribution in [3.63, 3.8) is 0 Å². The van der Waals surface area contributed by atoms with E-state index in [2.05, 4.69) is 25.6 Å². The molecule has 1 unspecified atom stereocenters. The van der Waals surface area contributed by atoms with Crippen molar-refractivity contribution in [1.82, 2.24) is 0 Å². The van der Waals surface area contributed by atoms with Crippen molar-refractivity contribution in [3.8, 4) is 0 Å². The second-order valence-corrected chi connectivity index (χ2v) is 5.06. The lowest BCUT2D eigenvalue weighted by Gasteiger charge is -2.13. The topological polar surface area (TPSA) is 0 Å². The van der Waals surface area contributed by atoms with E-state index < -0.39 is 0 Å². The molecule has 0 aromatic heterocycles. The Hall–Kier alpha value is 0.640. The summed E-state index contributed by atoms with van der Waals surface area (Å²) in [7, 11) is 0. The van der Waals surface area contributed by atoms with Crippen LogP contribution in [-0.2, 0) is 0 Å². The molecule has 0 nitrogen and oxygen atoms in total. The molecule has 0 fully saturated rings. The average molecular weight is 223 g/mol. The fourth-order valence-corrected chi connectivity index (χ4v) is 2.85. The molecule has 2 heteroatoms. The van der Waals surface area contributed by atoms with E-state index in [1.54, 1.807) is 0 Å². The highest BCUT2D eigenvalue weighted by molar-refractivity contribution is 7.99. The number of rotatable bonds is 9. The maximum absolute atomic E-state index is 5.62. The van der Waals surface area contributed by atoms with Crippen LogP contribution in [0.1, 0.15) is 46.0 Å². The number of thioether (sulfide) groups is 1. The van der Waals surface area contributed by atoms with Gasteiger partial charge in [0.05, 0.1) is 0 Å². The first-order valence-corrected chi connectivity index (χ1v) is 7.17. The zero-order valence-corrected chi connectivity index (χ0v) is 10.6. The Kier molecular flexibility index (Phi) is 11.2. The van der Waals surface area contributed by atoms with Crippen LogP contribution in [0.4, 0.5) is 0 Å². The molecule has 0 radical (unpaired) electrons. The predicted octanol–water partition coefficient (Wildman–Crippen LogP) is 4.56. The van der Waals surface area contributed by atoms with Gasteiger partial charge < -0.3 is 0 Å². The Morgan fingerprint density at radius 1 is 1.23 bits per heavy atom. The van der Waals surface area contributed by atoms with E-state index in [1.807, 2.05) is 0 Å². The highest BCUT2D eigenvalue weighted by Gasteiger charge is 2.04. The summed E-state index contributed by atoms with van der Waals surface area (Å²) in [5.74, 6) is 4.35. The van der Waals surface area contributed by atoms with Gasteiger partial charge in [0.2, 0.25) is 0 Å². The summed E-state index contributed by atoms with van der Waals surface area (Å²) in [6, 6.07) is 0. The van der Waals surface area contributed by atoms with Gasteiger partial charge in [-0.15, -0.1) is 11.6 Å². The van der Waals surface area contributed by atoms with E-state index in [4.69, 9.17) is 11.6 Å². The van der Waals surface area contributed by atoms with Gasteiger partial charge in [-0.1, -0.05) is 33.1 Å². The monoisotopic (exact) mass is 222 g/mol. The van der Waals surface area contributed by atoms with Crippen molar-refractivity contribution in [2.24, 2.45) is 5.92 Å². The summed E-state index contributed by atoms with van der Waals surface area (Å²) in [6.07, 6.45) is 6.66. The first-order chi connectivity index (χ1) is 6.35. The first kappa shape index (κ1) is 13.6. The molecule has 0 N–H and O–H groups in total. The first-order valence-electron chi connectivity index (χ1n) is 5.48. The zero-order chi connectivity index (χ0) is 9.94. The molecule has 0 aromatic carbocycles. The lowest BCUT2D eigenvalue weighted by molar-refractivity contribution is 0.499. The Morgan fingerprint density at radius 2 is 2.00 bits per heavy atom. The van der Waals surface area contributed by atoms with E-state index in [1.165, 1.54) is 37.2 Å². The molecular weight excluding hydrogens is 200 g/mol. The molecule has 80 valence electrons. The van der Waals surface area contributed by atoms with Crippen LogP contribution in [0, 0.1) is 5.92 Å². The molecule has 0 spiro atoms. The number of hydrogen-bond donors (Lipinski definition) is 0. The van der Waals surface area contributed by atoms with Crippen molar-refractivity contribution in [2.75, 3.05) is 17.4 Å². The van der Waals surface area contributed by atoms with Crippen LogP contribution >= 0.6 is 23.4 Å². The minimum atomic E-state index is 0.818. The molecule has 13 heavy (non-hydrogen) atoms. The second-order valence-electron chi connectivity index (χ2n) is 3.53. The normalized spacial score (nSPS) is 13.2. The molecule has 0 aliphatic carbocycles. The summed E-state index contributed by atoms with van der Waals surface area (Å²) in [6.45, 7) is 4.58. The van der Waals surface area contributed by atoms with Crippen LogP contribution in [0.5, 0.6) is 0 Å². The standard InChI is InChI=1S/C11H23ClS/c1-3-5-7-11(4-2)10-13-9-6-8-12/h11H,3-10H2,1-2H3. The molecule has 0 saturated carbocycles. The van der Waals surface area contributed by atoms with Crippen molar-refractivity contribution in [1.29, 1.82) is 0 Å². The third-order valence-corrected chi connectivity index (χ3v) is 3.87. The van der Waals surface area contributed by atoms with Crippen LogP contribution < -0.4 is 0 Å². The van der Waals surface area contributed by atoms with Gasteiger partial charge in [-0.05, 0) is 30.3 Å². The van der Waals surface area contributed by atoms with Gasteiger partial charge >= 0.3 is 0 Å². The molecule has 0 aromatic rings. The van der Waals surface area contributed by atoms with Gasteiger partial charge in [-0.2, -0.15) is 11.8 Å². The van der Waals surface area contributed by atoms with Crippen molar-refractivity contribution >= 4 is 23.4 Å². The molecule has 0 rings (SSSR count). The van der Waals surface area contributed by atoms with Crippen LogP contribution in [0.25, 0.3) is 0 Å². The average Bonchev–Trinajstić information content (AvgIpc) is 2.17. The van der Waals surface area contributed by atoms with E-state index >= 15 is 0 Å². The summed E-state index contributed by atoms with van der Waals surface area (Å²) in [5, 5.41) is 0. The summed E-state index contributed by atoms with van der Waals surface area (Å²) in [5.41, 5.74) is 0. The Balaban J connectivity index is 3.25. The quantitative estimate of drug-likeness (QED) is 0.407. The fraction of sp³-hybridized carbons (Fsp3) is 1.00. The molecule has 0 amide bonds. The molecule has 1 atom stereocenters. The predicted molar refractivity (Wildman–Crippen MR) is 66.0 cm³/mol. The second kappa shape index (κ2) is 10.7. The van der Waals surface area contributed by atoms with Gasteiger partial charge in [-0.3, -0.25) is 0 Å². The number of hydrogen-bond acceptors (Lipinski definition) is 1. The molecule has 0 aliphatic heterocycles. The number of alkyl halides is 1. The molecular formula is C11H23ClS. The SMILES string of the molecule is CCCCC(CC)CSCCCCl. The Bertz CT molecular complexity index is 96.1.